The maximum absolute atomic E-state index is 11.8. The zero-order valence-electron chi connectivity index (χ0n) is 9.31. The smallest absolute Gasteiger partial charge is 0.293 e. The lowest BCUT2D eigenvalue weighted by Crippen LogP contribution is -2.10. The zero-order valence-corrected chi connectivity index (χ0v) is 11.6. The number of carbonyl (C=O) groups is 1. The number of carbonyl (C=O) groups excluding carboxylic acids is 1. The lowest BCUT2D eigenvalue weighted by Gasteiger charge is -1.96. The van der Waals surface area contributed by atoms with Crippen molar-refractivity contribution in [2.45, 2.75) is 0 Å². The molecule has 7 heteroatoms. The second kappa shape index (κ2) is 4.85. The van der Waals surface area contributed by atoms with E-state index in [1.165, 1.54) is 17.6 Å². The molecule has 0 saturated carbocycles. The Bertz CT molecular complexity index is 753. The Morgan fingerprint density at radius 1 is 1.32 bits per heavy atom. The molecule has 96 valence electrons. The van der Waals surface area contributed by atoms with Gasteiger partial charge < -0.3 is 4.42 Å². The lowest BCUT2D eigenvalue weighted by atomic mass is 10.3. The van der Waals surface area contributed by atoms with Gasteiger partial charge in [0.25, 0.3) is 5.91 Å². The van der Waals surface area contributed by atoms with Crippen LogP contribution in [0.4, 0.5) is 5.13 Å². The summed E-state index contributed by atoms with van der Waals surface area (Å²) in [5.74, 6) is -0.130. The molecule has 0 radical (unpaired) electrons. The minimum absolute atomic E-state index is 0.225. The van der Waals surface area contributed by atoms with Crippen molar-refractivity contribution in [1.82, 2.24) is 4.98 Å². The monoisotopic (exact) mass is 312 g/mol. The van der Waals surface area contributed by atoms with Gasteiger partial charge in [0.15, 0.2) is 10.9 Å². The minimum atomic E-state index is -0.355. The summed E-state index contributed by atoms with van der Waals surface area (Å²) in [5, 5.41) is 3.92. The molecule has 0 aliphatic rings. The Morgan fingerprint density at radius 3 is 2.89 bits per heavy atom. The number of hydrogen-bond donors (Lipinski definition) is 1. The van der Waals surface area contributed by atoms with Crippen molar-refractivity contribution in [2.75, 3.05) is 5.32 Å². The van der Waals surface area contributed by atoms with Gasteiger partial charge >= 0.3 is 0 Å². The normalized spacial score (nSPS) is 10.8. The third kappa shape index (κ3) is 2.32. The van der Waals surface area contributed by atoms with Gasteiger partial charge in [-0.1, -0.05) is 34.5 Å². The summed E-state index contributed by atoms with van der Waals surface area (Å²) in [6, 6.07) is 6.72. The summed E-state index contributed by atoms with van der Waals surface area (Å²) < 4.78 is 5.85. The van der Waals surface area contributed by atoms with Crippen molar-refractivity contribution in [3.8, 4) is 0 Å². The van der Waals surface area contributed by atoms with Gasteiger partial charge in [-0.3, -0.25) is 10.1 Å². The number of aromatic nitrogens is 1. The summed E-state index contributed by atoms with van der Waals surface area (Å²) in [7, 11) is 0. The standard InChI is InChI=1S/C12H6Cl2N2O2S/c13-6-3-4-8-10(9(6)14)15-12(19-8)16-11(17)7-2-1-5-18-7/h1-5H,(H,15,16,17). The third-order valence-corrected chi connectivity index (χ3v) is 4.15. The van der Waals surface area contributed by atoms with Crippen LogP contribution >= 0.6 is 34.5 Å². The third-order valence-electron chi connectivity index (χ3n) is 2.42. The second-order valence-electron chi connectivity index (χ2n) is 3.66. The van der Waals surface area contributed by atoms with E-state index >= 15 is 0 Å². The summed E-state index contributed by atoms with van der Waals surface area (Å²) in [5.41, 5.74) is 0.578. The molecule has 0 spiro atoms. The Labute approximate surface area is 122 Å². The van der Waals surface area contributed by atoms with Crippen molar-refractivity contribution >= 4 is 55.8 Å². The van der Waals surface area contributed by atoms with E-state index in [0.29, 0.717) is 20.7 Å². The molecular weight excluding hydrogens is 307 g/mol. The number of amides is 1. The quantitative estimate of drug-likeness (QED) is 0.760. The highest BCUT2D eigenvalue weighted by atomic mass is 35.5. The molecule has 0 bridgehead atoms. The zero-order chi connectivity index (χ0) is 13.4. The molecule has 2 heterocycles. The molecule has 0 aliphatic heterocycles. The van der Waals surface area contributed by atoms with E-state index in [0.717, 1.165) is 4.70 Å². The predicted octanol–water partition coefficient (Wildman–Crippen LogP) is 4.45. The maximum Gasteiger partial charge on any atom is 0.293 e. The van der Waals surface area contributed by atoms with Crippen LogP contribution in [-0.2, 0) is 0 Å². The number of anilines is 1. The fraction of sp³-hybridized carbons (Fsp3) is 0. The van der Waals surface area contributed by atoms with Crippen LogP contribution in [-0.4, -0.2) is 10.9 Å². The van der Waals surface area contributed by atoms with E-state index in [9.17, 15) is 4.79 Å². The Balaban J connectivity index is 1.94. The molecule has 3 rings (SSSR count). The SMILES string of the molecule is O=C(Nc1nc2c(Cl)c(Cl)ccc2s1)c1ccco1. The molecule has 4 nitrogen and oxygen atoms in total. The topological polar surface area (TPSA) is 55.1 Å². The summed E-state index contributed by atoms with van der Waals surface area (Å²) in [4.78, 5) is 16.1. The fourth-order valence-corrected chi connectivity index (χ4v) is 2.84. The van der Waals surface area contributed by atoms with Gasteiger partial charge in [0.2, 0.25) is 0 Å². The van der Waals surface area contributed by atoms with Crippen LogP contribution in [0.1, 0.15) is 10.6 Å². The Morgan fingerprint density at radius 2 is 2.16 bits per heavy atom. The molecule has 2 aromatic heterocycles. The number of thiazole rings is 1. The average Bonchev–Trinajstić information content (AvgIpc) is 3.02. The van der Waals surface area contributed by atoms with Gasteiger partial charge in [-0.15, -0.1) is 0 Å². The molecule has 19 heavy (non-hydrogen) atoms. The second-order valence-corrected chi connectivity index (χ2v) is 5.47. The molecule has 1 aromatic carbocycles. The number of fused-ring (bicyclic) bond motifs is 1. The molecular formula is C12H6Cl2N2O2S. The number of furan rings is 1. The van der Waals surface area contributed by atoms with Gasteiger partial charge in [-0.2, -0.15) is 0 Å². The first-order valence-electron chi connectivity index (χ1n) is 5.24. The number of nitrogens with one attached hydrogen (secondary N) is 1. The number of rotatable bonds is 2. The van der Waals surface area contributed by atoms with E-state index in [1.54, 1.807) is 18.2 Å². The van der Waals surface area contributed by atoms with Gasteiger partial charge in [0, 0.05) is 0 Å². The van der Waals surface area contributed by atoms with Crippen LogP contribution in [0.25, 0.3) is 10.2 Å². The molecule has 1 amide bonds. The largest absolute Gasteiger partial charge is 0.459 e. The van der Waals surface area contributed by atoms with Crippen LogP contribution in [0.15, 0.2) is 34.9 Å². The fourth-order valence-electron chi connectivity index (χ4n) is 1.56. The van der Waals surface area contributed by atoms with Gasteiger partial charge in [-0.05, 0) is 24.3 Å². The molecule has 1 N–H and O–H groups in total. The van der Waals surface area contributed by atoms with Crippen molar-refractivity contribution in [2.24, 2.45) is 0 Å². The molecule has 0 aliphatic carbocycles. The van der Waals surface area contributed by atoms with E-state index in [-0.39, 0.29) is 11.7 Å². The average molecular weight is 313 g/mol. The van der Waals surface area contributed by atoms with Crippen LogP contribution in [0.2, 0.25) is 10.0 Å². The van der Waals surface area contributed by atoms with Crippen molar-refractivity contribution in [3.05, 3.63) is 46.3 Å². The molecule has 0 fully saturated rings. The van der Waals surface area contributed by atoms with Gasteiger partial charge in [-0.25, -0.2) is 4.98 Å². The highest BCUT2D eigenvalue weighted by Gasteiger charge is 2.14. The number of hydrogen-bond acceptors (Lipinski definition) is 4. The Hall–Kier alpha value is -1.56. The first-order valence-corrected chi connectivity index (χ1v) is 6.82. The van der Waals surface area contributed by atoms with Crippen molar-refractivity contribution < 1.29 is 9.21 Å². The maximum atomic E-state index is 11.8. The van der Waals surface area contributed by atoms with Gasteiger partial charge in [0.05, 0.1) is 21.0 Å². The van der Waals surface area contributed by atoms with Gasteiger partial charge in [0.1, 0.15) is 5.52 Å². The summed E-state index contributed by atoms with van der Waals surface area (Å²) >= 11 is 13.3. The number of halogens is 2. The molecule has 0 atom stereocenters. The highest BCUT2D eigenvalue weighted by Crippen LogP contribution is 2.35. The van der Waals surface area contributed by atoms with E-state index < -0.39 is 0 Å². The van der Waals surface area contributed by atoms with Crippen molar-refractivity contribution in [1.29, 1.82) is 0 Å². The molecule has 0 saturated heterocycles. The first kappa shape index (κ1) is 12.5. The van der Waals surface area contributed by atoms with Crippen LogP contribution in [0, 0.1) is 0 Å². The number of nitrogens with zero attached hydrogens (tertiary/aromatic N) is 1. The van der Waals surface area contributed by atoms with Crippen LogP contribution < -0.4 is 5.32 Å². The summed E-state index contributed by atoms with van der Waals surface area (Å²) in [6.07, 6.45) is 1.43. The first-order chi connectivity index (χ1) is 9.15. The summed E-state index contributed by atoms with van der Waals surface area (Å²) in [6.45, 7) is 0. The molecule has 0 unspecified atom stereocenters. The van der Waals surface area contributed by atoms with E-state index in [2.05, 4.69) is 10.3 Å². The van der Waals surface area contributed by atoms with E-state index in [4.69, 9.17) is 27.6 Å². The van der Waals surface area contributed by atoms with Crippen molar-refractivity contribution in [3.63, 3.8) is 0 Å². The molecule has 3 aromatic rings. The van der Waals surface area contributed by atoms with Crippen LogP contribution in [0.3, 0.4) is 0 Å². The predicted molar refractivity (Wildman–Crippen MR) is 76.3 cm³/mol. The van der Waals surface area contributed by atoms with E-state index in [1.807, 2.05) is 6.07 Å². The lowest BCUT2D eigenvalue weighted by molar-refractivity contribution is 0.0996. The minimum Gasteiger partial charge on any atom is -0.459 e. The Kier molecular flexibility index (Phi) is 3.18. The highest BCUT2D eigenvalue weighted by molar-refractivity contribution is 7.22. The van der Waals surface area contributed by atoms with Crippen LogP contribution in [0.5, 0.6) is 0 Å². The number of benzene rings is 1.